The molecule has 0 aromatic carbocycles. The van der Waals surface area contributed by atoms with Crippen LogP contribution in [0.3, 0.4) is 0 Å². The first-order valence-electron chi connectivity index (χ1n) is 6.61. The lowest BCUT2D eigenvalue weighted by Crippen LogP contribution is -2.23. The van der Waals surface area contributed by atoms with Crippen LogP contribution in [0.15, 0.2) is 18.3 Å². The molecule has 0 fully saturated rings. The number of rotatable bonds is 8. The zero-order chi connectivity index (χ0) is 11.8. The van der Waals surface area contributed by atoms with Crippen molar-refractivity contribution >= 4 is 0 Å². The third-order valence-electron chi connectivity index (χ3n) is 2.87. The van der Waals surface area contributed by atoms with Gasteiger partial charge in [-0.25, -0.2) is 0 Å². The molecule has 2 heteroatoms. The maximum atomic E-state index is 3.47. The highest BCUT2D eigenvalue weighted by molar-refractivity contribution is 5.06. The average molecular weight is 222 g/mol. The van der Waals surface area contributed by atoms with Crippen molar-refractivity contribution in [2.75, 3.05) is 0 Å². The van der Waals surface area contributed by atoms with Crippen LogP contribution in [0, 0.1) is 0 Å². The highest BCUT2D eigenvalue weighted by atomic mass is 15.0. The van der Waals surface area contributed by atoms with E-state index in [1.807, 2.05) is 0 Å². The largest absolute Gasteiger partial charge is 0.350 e. The molecular weight excluding hydrogens is 196 g/mol. The monoisotopic (exact) mass is 222 g/mol. The van der Waals surface area contributed by atoms with Gasteiger partial charge in [-0.15, -0.1) is 0 Å². The fourth-order valence-corrected chi connectivity index (χ4v) is 1.85. The van der Waals surface area contributed by atoms with E-state index in [2.05, 4.69) is 49.0 Å². The predicted molar refractivity (Wildman–Crippen MR) is 70.5 cm³/mol. The lowest BCUT2D eigenvalue weighted by atomic mass is 10.2. The van der Waals surface area contributed by atoms with Gasteiger partial charge in [-0.3, -0.25) is 0 Å². The molecule has 0 aliphatic heterocycles. The molecule has 0 atom stereocenters. The topological polar surface area (TPSA) is 17.0 Å². The number of aromatic nitrogens is 1. The standard InChI is InChI=1S/C14H26N2/c1-4-5-6-7-10-16-11-8-9-14(16)12-15-13(2)3/h8-9,11,13,15H,4-7,10,12H2,1-3H3. The van der Waals surface area contributed by atoms with Crippen molar-refractivity contribution in [3.8, 4) is 0 Å². The summed E-state index contributed by atoms with van der Waals surface area (Å²) >= 11 is 0. The van der Waals surface area contributed by atoms with E-state index in [4.69, 9.17) is 0 Å². The summed E-state index contributed by atoms with van der Waals surface area (Å²) in [5.41, 5.74) is 1.41. The number of hydrogen-bond acceptors (Lipinski definition) is 1. The maximum absolute atomic E-state index is 3.47. The molecular formula is C14H26N2. The zero-order valence-electron chi connectivity index (χ0n) is 11.0. The molecule has 92 valence electrons. The Bertz CT molecular complexity index is 276. The summed E-state index contributed by atoms with van der Waals surface area (Å²) < 4.78 is 2.38. The van der Waals surface area contributed by atoms with Crippen LogP contribution < -0.4 is 5.32 Å². The van der Waals surface area contributed by atoms with Gasteiger partial charge in [0.05, 0.1) is 0 Å². The summed E-state index contributed by atoms with van der Waals surface area (Å²) in [6, 6.07) is 4.93. The second-order valence-electron chi connectivity index (χ2n) is 4.79. The number of nitrogens with zero attached hydrogens (tertiary/aromatic N) is 1. The van der Waals surface area contributed by atoms with Crippen molar-refractivity contribution in [1.82, 2.24) is 9.88 Å². The van der Waals surface area contributed by atoms with Crippen LogP contribution in [0.4, 0.5) is 0 Å². The van der Waals surface area contributed by atoms with E-state index in [0.717, 1.165) is 6.54 Å². The zero-order valence-corrected chi connectivity index (χ0v) is 11.0. The second kappa shape index (κ2) is 7.50. The Kier molecular flexibility index (Phi) is 6.24. The molecule has 1 aromatic rings. The van der Waals surface area contributed by atoms with E-state index in [1.54, 1.807) is 0 Å². The van der Waals surface area contributed by atoms with Crippen molar-refractivity contribution in [2.24, 2.45) is 0 Å². The first kappa shape index (κ1) is 13.3. The fraction of sp³-hybridized carbons (Fsp3) is 0.714. The van der Waals surface area contributed by atoms with Crippen LogP contribution in [0.1, 0.15) is 52.1 Å². The first-order chi connectivity index (χ1) is 7.74. The first-order valence-corrected chi connectivity index (χ1v) is 6.61. The van der Waals surface area contributed by atoms with E-state index in [1.165, 1.54) is 37.9 Å². The Morgan fingerprint density at radius 3 is 2.75 bits per heavy atom. The maximum Gasteiger partial charge on any atom is 0.0361 e. The lowest BCUT2D eigenvalue weighted by molar-refractivity contribution is 0.532. The second-order valence-corrected chi connectivity index (χ2v) is 4.79. The molecule has 0 bridgehead atoms. The summed E-state index contributed by atoms with van der Waals surface area (Å²) in [4.78, 5) is 0. The van der Waals surface area contributed by atoms with Crippen LogP contribution in [-0.4, -0.2) is 10.6 Å². The molecule has 1 rings (SSSR count). The lowest BCUT2D eigenvalue weighted by Gasteiger charge is -2.12. The van der Waals surface area contributed by atoms with Gasteiger partial charge >= 0.3 is 0 Å². The number of nitrogens with one attached hydrogen (secondary N) is 1. The van der Waals surface area contributed by atoms with Gasteiger partial charge in [0.15, 0.2) is 0 Å². The smallest absolute Gasteiger partial charge is 0.0361 e. The molecule has 1 aromatic heterocycles. The van der Waals surface area contributed by atoms with Crippen LogP contribution in [0.2, 0.25) is 0 Å². The minimum atomic E-state index is 0.559. The summed E-state index contributed by atoms with van der Waals surface area (Å²) in [5.74, 6) is 0. The van der Waals surface area contributed by atoms with Gasteiger partial charge in [-0.2, -0.15) is 0 Å². The molecule has 0 radical (unpaired) electrons. The number of aryl methyl sites for hydroxylation is 1. The third kappa shape index (κ3) is 4.84. The molecule has 0 spiro atoms. The normalized spacial score (nSPS) is 11.2. The van der Waals surface area contributed by atoms with E-state index in [-0.39, 0.29) is 0 Å². The van der Waals surface area contributed by atoms with Gasteiger partial charge in [0.2, 0.25) is 0 Å². The quantitative estimate of drug-likeness (QED) is 0.665. The molecule has 0 saturated carbocycles. The molecule has 0 unspecified atom stereocenters. The summed E-state index contributed by atoms with van der Waals surface area (Å²) in [6.45, 7) is 8.79. The third-order valence-corrected chi connectivity index (χ3v) is 2.87. The molecule has 1 N–H and O–H groups in total. The van der Waals surface area contributed by atoms with Crippen LogP contribution in [-0.2, 0) is 13.1 Å². The summed E-state index contributed by atoms with van der Waals surface area (Å²) in [5, 5.41) is 3.47. The van der Waals surface area contributed by atoms with E-state index < -0.39 is 0 Å². The predicted octanol–water partition coefficient (Wildman–Crippen LogP) is 3.57. The Morgan fingerprint density at radius 2 is 2.06 bits per heavy atom. The van der Waals surface area contributed by atoms with Gasteiger partial charge in [0.25, 0.3) is 0 Å². The van der Waals surface area contributed by atoms with E-state index in [0.29, 0.717) is 6.04 Å². The average Bonchev–Trinajstić information content (AvgIpc) is 2.69. The van der Waals surface area contributed by atoms with Crippen LogP contribution in [0.5, 0.6) is 0 Å². The molecule has 0 amide bonds. The van der Waals surface area contributed by atoms with Crippen molar-refractivity contribution < 1.29 is 0 Å². The van der Waals surface area contributed by atoms with Gasteiger partial charge in [0.1, 0.15) is 0 Å². The van der Waals surface area contributed by atoms with Gasteiger partial charge < -0.3 is 9.88 Å². The summed E-state index contributed by atoms with van der Waals surface area (Å²) in [6.07, 6.45) is 7.53. The van der Waals surface area contributed by atoms with Crippen molar-refractivity contribution in [3.63, 3.8) is 0 Å². The highest BCUT2D eigenvalue weighted by Gasteiger charge is 2.01. The molecule has 1 heterocycles. The molecule has 0 saturated heterocycles. The molecule has 0 aliphatic carbocycles. The summed E-state index contributed by atoms with van der Waals surface area (Å²) in [7, 11) is 0. The molecule has 0 aliphatic rings. The highest BCUT2D eigenvalue weighted by Crippen LogP contribution is 2.07. The Morgan fingerprint density at radius 1 is 1.25 bits per heavy atom. The minimum absolute atomic E-state index is 0.559. The van der Waals surface area contributed by atoms with Gasteiger partial charge in [-0.1, -0.05) is 40.0 Å². The van der Waals surface area contributed by atoms with Gasteiger partial charge in [-0.05, 0) is 18.6 Å². The van der Waals surface area contributed by atoms with Crippen LogP contribution in [0.25, 0.3) is 0 Å². The molecule has 16 heavy (non-hydrogen) atoms. The van der Waals surface area contributed by atoms with E-state index in [9.17, 15) is 0 Å². The van der Waals surface area contributed by atoms with Crippen molar-refractivity contribution in [1.29, 1.82) is 0 Å². The van der Waals surface area contributed by atoms with Crippen molar-refractivity contribution in [3.05, 3.63) is 24.0 Å². The Labute approximate surface area is 100 Å². The minimum Gasteiger partial charge on any atom is -0.350 e. The van der Waals surface area contributed by atoms with Crippen LogP contribution >= 0.6 is 0 Å². The van der Waals surface area contributed by atoms with E-state index >= 15 is 0 Å². The SMILES string of the molecule is CCCCCCn1cccc1CNC(C)C. The molecule has 2 nitrogen and oxygen atoms in total. The van der Waals surface area contributed by atoms with Crippen molar-refractivity contribution in [2.45, 2.75) is 65.6 Å². The number of hydrogen-bond donors (Lipinski definition) is 1. The van der Waals surface area contributed by atoms with Gasteiger partial charge in [0, 0.05) is 31.0 Å². The Hall–Kier alpha value is -0.760. The fourth-order valence-electron chi connectivity index (χ4n) is 1.85. The Balaban J connectivity index is 2.32. The number of unbranched alkanes of at least 4 members (excludes halogenated alkanes) is 3.